The molecule has 1 atom stereocenters. The Bertz CT molecular complexity index is 706. The highest BCUT2D eigenvalue weighted by molar-refractivity contribution is 8.00. The highest BCUT2D eigenvalue weighted by Crippen LogP contribution is 2.28. The Morgan fingerprint density at radius 2 is 2.00 bits per heavy atom. The Kier molecular flexibility index (Phi) is 6.57. The Labute approximate surface area is 153 Å². The summed E-state index contributed by atoms with van der Waals surface area (Å²) in [5, 5.41) is 9.54. The van der Waals surface area contributed by atoms with E-state index in [1.165, 1.54) is 18.7 Å². The Morgan fingerprint density at radius 1 is 1.36 bits per heavy atom. The van der Waals surface area contributed by atoms with E-state index in [0.29, 0.717) is 21.8 Å². The summed E-state index contributed by atoms with van der Waals surface area (Å²) in [6.07, 6.45) is 0. The number of thioether (sulfide) groups is 1. The topological polar surface area (TPSA) is 77.3 Å². The van der Waals surface area contributed by atoms with E-state index >= 15 is 0 Å². The Morgan fingerprint density at radius 3 is 2.52 bits per heavy atom. The van der Waals surface area contributed by atoms with Crippen molar-refractivity contribution in [3.63, 3.8) is 0 Å². The second-order valence-electron chi connectivity index (χ2n) is 6.16. The molecule has 134 valence electrons. The highest BCUT2D eigenvalue weighted by atomic mass is 32.2. The molecule has 0 aromatic carbocycles. The van der Waals surface area contributed by atoms with Crippen molar-refractivity contribution in [3.05, 3.63) is 22.9 Å². The fourth-order valence-corrected chi connectivity index (χ4v) is 3.88. The van der Waals surface area contributed by atoms with Gasteiger partial charge in [-0.15, -0.1) is 0 Å². The van der Waals surface area contributed by atoms with Gasteiger partial charge in [0, 0.05) is 37.4 Å². The van der Waals surface area contributed by atoms with Crippen LogP contribution in [0.4, 0.5) is 0 Å². The SMILES string of the molecule is CCN1CCN(C(=O)C(C)Sc2nc(C)c(C(C)=O)cc2C#N)CC1. The molecule has 1 aromatic heterocycles. The lowest BCUT2D eigenvalue weighted by Gasteiger charge is -2.35. The van der Waals surface area contributed by atoms with Gasteiger partial charge in [-0.25, -0.2) is 4.98 Å². The van der Waals surface area contributed by atoms with Gasteiger partial charge in [0.05, 0.1) is 10.8 Å². The molecule has 1 aromatic rings. The number of ketones is 1. The van der Waals surface area contributed by atoms with Gasteiger partial charge in [-0.1, -0.05) is 18.7 Å². The maximum Gasteiger partial charge on any atom is 0.235 e. The predicted molar refractivity (Wildman–Crippen MR) is 97.7 cm³/mol. The lowest BCUT2D eigenvalue weighted by atomic mass is 10.1. The molecule has 2 rings (SSSR count). The molecule has 1 fully saturated rings. The summed E-state index contributed by atoms with van der Waals surface area (Å²) in [5.74, 6) is -0.0456. The van der Waals surface area contributed by atoms with E-state index in [1.807, 2.05) is 11.8 Å². The van der Waals surface area contributed by atoms with E-state index in [4.69, 9.17) is 0 Å². The van der Waals surface area contributed by atoms with E-state index in [0.717, 1.165) is 32.7 Å². The highest BCUT2D eigenvalue weighted by Gasteiger charge is 2.26. The van der Waals surface area contributed by atoms with Crippen LogP contribution in [0.15, 0.2) is 11.1 Å². The molecule has 1 unspecified atom stereocenters. The average molecular weight is 360 g/mol. The van der Waals surface area contributed by atoms with Crippen molar-refractivity contribution in [2.45, 2.75) is 38.0 Å². The van der Waals surface area contributed by atoms with Crippen molar-refractivity contribution in [1.82, 2.24) is 14.8 Å². The minimum Gasteiger partial charge on any atom is -0.339 e. The molecule has 1 amide bonds. The van der Waals surface area contributed by atoms with Crippen LogP contribution >= 0.6 is 11.8 Å². The first-order valence-electron chi connectivity index (χ1n) is 8.47. The van der Waals surface area contributed by atoms with Crippen LogP contribution in [0.2, 0.25) is 0 Å². The summed E-state index contributed by atoms with van der Waals surface area (Å²) in [6, 6.07) is 3.66. The lowest BCUT2D eigenvalue weighted by molar-refractivity contribution is -0.132. The maximum absolute atomic E-state index is 12.7. The number of likely N-dealkylation sites (N-methyl/N-ethyl adjacent to an activating group) is 1. The molecule has 0 spiro atoms. The number of piperazine rings is 1. The fraction of sp³-hybridized carbons (Fsp3) is 0.556. The molecule has 0 radical (unpaired) electrons. The van der Waals surface area contributed by atoms with E-state index in [2.05, 4.69) is 22.9 Å². The minimum absolute atomic E-state index is 0.0692. The second kappa shape index (κ2) is 8.45. The summed E-state index contributed by atoms with van der Waals surface area (Å²) in [4.78, 5) is 32.9. The van der Waals surface area contributed by atoms with E-state index < -0.39 is 0 Å². The number of carbonyl (C=O) groups is 2. The third kappa shape index (κ3) is 4.59. The van der Waals surface area contributed by atoms with E-state index in [-0.39, 0.29) is 16.9 Å². The van der Waals surface area contributed by atoms with Crippen LogP contribution in [-0.2, 0) is 4.79 Å². The van der Waals surface area contributed by atoms with Gasteiger partial charge in [0.1, 0.15) is 11.1 Å². The zero-order valence-electron chi connectivity index (χ0n) is 15.2. The number of pyridine rings is 1. The van der Waals surface area contributed by atoms with Crippen molar-refractivity contribution in [2.75, 3.05) is 32.7 Å². The standard InChI is InChI=1S/C18H24N4O2S/c1-5-21-6-8-22(9-7-21)18(24)14(4)25-17-15(11-19)10-16(13(3)23)12(2)20-17/h10,14H,5-9H2,1-4H3. The van der Waals surface area contributed by atoms with E-state index in [9.17, 15) is 14.9 Å². The van der Waals surface area contributed by atoms with Crippen LogP contribution in [0.3, 0.4) is 0 Å². The molecule has 1 aliphatic rings. The zero-order chi connectivity index (χ0) is 18.6. The number of Topliss-reactive ketones (excluding diaryl/α,β-unsaturated/α-hetero) is 1. The van der Waals surface area contributed by atoms with Gasteiger partial charge in [0.25, 0.3) is 0 Å². The smallest absolute Gasteiger partial charge is 0.235 e. The number of amides is 1. The van der Waals surface area contributed by atoms with Gasteiger partial charge in [0.2, 0.25) is 5.91 Å². The van der Waals surface area contributed by atoms with Gasteiger partial charge in [0.15, 0.2) is 5.78 Å². The summed E-state index contributed by atoms with van der Waals surface area (Å²) in [6.45, 7) is 11.4. The molecular formula is C18H24N4O2S. The van der Waals surface area contributed by atoms with Crippen LogP contribution in [0.5, 0.6) is 0 Å². The molecule has 0 aliphatic carbocycles. The summed E-state index contributed by atoms with van der Waals surface area (Å²) < 4.78 is 0. The minimum atomic E-state index is -0.324. The second-order valence-corrected chi connectivity index (χ2v) is 7.49. The predicted octanol–water partition coefficient (Wildman–Crippen LogP) is 2.11. The molecule has 0 saturated carbocycles. The average Bonchev–Trinajstić information content (AvgIpc) is 2.61. The van der Waals surface area contributed by atoms with Gasteiger partial charge in [-0.05, 0) is 33.4 Å². The van der Waals surface area contributed by atoms with Crippen LogP contribution in [-0.4, -0.2) is 64.4 Å². The molecule has 6 nitrogen and oxygen atoms in total. The van der Waals surface area contributed by atoms with Crippen molar-refractivity contribution >= 4 is 23.5 Å². The van der Waals surface area contributed by atoms with Gasteiger partial charge >= 0.3 is 0 Å². The molecule has 2 heterocycles. The quantitative estimate of drug-likeness (QED) is 0.591. The monoisotopic (exact) mass is 360 g/mol. The summed E-state index contributed by atoms with van der Waals surface area (Å²) in [7, 11) is 0. The van der Waals surface area contributed by atoms with Crippen molar-refractivity contribution in [1.29, 1.82) is 5.26 Å². The first-order valence-corrected chi connectivity index (χ1v) is 9.35. The maximum atomic E-state index is 12.7. The van der Waals surface area contributed by atoms with Crippen LogP contribution in [0.25, 0.3) is 0 Å². The number of hydrogen-bond acceptors (Lipinski definition) is 6. The molecule has 7 heteroatoms. The summed E-state index contributed by atoms with van der Waals surface area (Å²) >= 11 is 1.29. The zero-order valence-corrected chi connectivity index (χ0v) is 16.0. The third-order valence-electron chi connectivity index (χ3n) is 4.45. The van der Waals surface area contributed by atoms with Crippen molar-refractivity contribution in [3.8, 4) is 6.07 Å². The Hall–Kier alpha value is -1.91. The number of carbonyl (C=O) groups excluding carboxylic acids is 2. The number of hydrogen-bond donors (Lipinski definition) is 0. The number of nitrogens with zero attached hydrogens (tertiary/aromatic N) is 4. The van der Waals surface area contributed by atoms with Crippen LogP contribution in [0, 0.1) is 18.3 Å². The number of aryl methyl sites for hydroxylation is 1. The number of aromatic nitrogens is 1. The van der Waals surface area contributed by atoms with Gasteiger partial charge < -0.3 is 9.80 Å². The molecule has 0 N–H and O–H groups in total. The van der Waals surface area contributed by atoms with Crippen LogP contribution < -0.4 is 0 Å². The van der Waals surface area contributed by atoms with Gasteiger partial charge in [-0.2, -0.15) is 5.26 Å². The first-order chi connectivity index (χ1) is 11.9. The van der Waals surface area contributed by atoms with Crippen molar-refractivity contribution in [2.24, 2.45) is 0 Å². The molecule has 1 saturated heterocycles. The number of nitriles is 1. The number of rotatable bonds is 5. The van der Waals surface area contributed by atoms with Crippen molar-refractivity contribution < 1.29 is 9.59 Å². The third-order valence-corrected chi connectivity index (χ3v) is 5.53. The molecule has 1 aliphatic heterocycles. The van der Waals surface area contributed by atoms with Gasteiger partial charge in [-0.3, -0.25) is 9.59 Å². The normalized spacial score (nSPS) is 16.4. The fourth-order valence-electron chi connectivity index (χ4n) is 2.87. The largest absolute Gasteiger partial charge is 0.339 e. The van der Waals surface area contributed by atoms with Crippen LogP contribution in [0.1, 0.15) is 42.4 Å². The lowest BCUT2D eigenvalue weighted by Crippen LogP contribution is -2.50. The molecular weight excluding hydrogens is 336 g/mol. The molecule has 25 heavy (non-hydrogen) atoms. The Balaban J connectivity index is 2.11. The summed E-state index contributed by atoms with van der Waals surface area (Å²) in [5.41, 5.74) is 1.39. The van der Waals surface area contributed by atoms with E-state index in [1.54, 1.807) is 13.0 Å². The first kappa shape index (κ1) is 19.4. The molecule has 0 bridgehead atoms.